The van der Waals surface area contributed by atoms with E-state index in [0.29, 0.717) is 5.41 Å². The second kappa shape index (κ2) is 50.1. The van der Waals surface area contributed by atoms with E-state index >= 15 is 0 Å². The maximum atomic E-state index is 4.51. The van der Waals surface area contributed by atoms with Crippen LogP contribution in [0.3, 0.4) is 0 Å². The lowest BCUT2D eigenvalue weighted by atomic mass is 9.74. The Morgan fingerprint density at radius 2 is 0.333 bits per heavy atom. The van der Waals surface area contributed by atoms with Crippen molar-refractivity contribution >= 4 is 0 Å². The second-order valence-electron chi connectivity index (χ2n) is 19.7. The van der Waals surface area contributed by atoms with Gasteiger partial charge in [0.05, 0.1) is 0 Å². The van der Waals surface area contributed by atoms with Gasteiger partial charge in [-0.15, -0.1) is 6.58 Å². The summed E-state index contributed by atoms with van der Waals surface area (Å²) in [6.45, 7) is 11.5. The standard InChI is InChI=1S/C57H114/c1-5-9-12-15-18-21-24-27-30-33-36-39-42-45-48-51-54-57(8-4,55-52-49-46-43-40-37-34-31-28-25-22-19-16-13-10-6-2)56-53-50-47-44-41-38-35-32-29-26-23-20-17-14-11-7-3/h8H,4-7,9-56H2,1-3H3. The monoisotopic (exact) mass is 799 g/mol. The highest BCUT2D eigenvalue weighted by atomic mass is 14.3. The molecular formula is C57H114. The molecule has 0 N–H and O–H groups in total. The fourth-order valence-electron chi connectivity index (χ4n) is 9.76. The van der Waals surface area contributed by atoms with Crippen molar-refractivity contribution in [3.63, 3.8) is 0 Å². The molecule has 0 heterocycles. The SMILES string of the molecule is C=CC(CCCCCCCCCCCCCCCCCC)(CCCCCCCCCCCCCCCCCC)CCCCCCCCCCCCCCCCCC. The van der Waals surface area contributed by atoms with Crippen LogP contribution in [0.2, 0.25) is 0 Å². The van der Waals surface area contributed by atoms with Crippen LogP contribution in [0.25, 0.3) is 0 Å². The number of allylic oxidation sites excluding steroid dienone is 1. The fraction of sp³-hybridized carbons (Fsp3) is 0.965. The van der Waals surface area contributed by atoms with E-state index in [4.69, 9.17) is 0 Å². The highest BCUT2D eigenvalue weighted by molar-refractivity contribution is 4.94. The molecule has 0 unspecified atom stereocenters. The summed E-state index contributed by atoms with van der Waals surface area (Å²) in [5.41, 5.74) is 0.419. The first-order valence-corrected chi connectivity index (χ1v) is 27.9. The smallest absolute Gasteiger partial charge is 0.0121 e. The Balaban J connectivity index is 4.20. The molecule has 0 spiro atoms. The summed E-state index contributed by atoms with van der Waals surface area (Å²) in [7, 11) is 0. The van der Waals surface area contributed by atoms with E-state index in [1.165, 1.54) is 327 Å². The van der Waals surface area contributed by atoms with Crippen LogP contribution in [0, 0.1) is 5.41 Å². The van der Waals surface area contributed by atoms with Crippen LogP contribution in [0.1, 0.15) is 348 Å². The molecule has 0 aliphatic rings. The highest BCUT2D eigenvalue weighted by Gasteiger charge is 2.25. The molecule has 0 saturated heterocycles. The van der Waals surface area contributed by atoms with Gasteiger partial charge in [0.25, 0.3) is 0 Å². The van der Waals surface area contributed by atoms with Crippen molar-refractivity contribution < 1.29 is 0 Å². The molecule has 0 aliphatic heterocycles. The third kappa shape index (κ3) is 45.1. The average Bonchev–Trinajstić information content (AvgIpc) is 3.22. The molecule has 0 rings (SSSR count). The number of hydrogen-bond donors (Lipinski definition) is 0. The van der Waals surface area contributed by atoms with Gasteiger partial charge in [-0.05, 0) is 24.7 Å². The molecule has 0 saturated carbocycles. The van der Waals surface area contributed by atoms with Crippen molar-refractivity contribution in [3.05, 3.63) is 12.7 Å². The van der Waals surface area contributed by atoms with Crippen molar-refractivity contribution in [1.29, 1.82) is 0 Å². The topological polar surface area (TPSA) is 0 Å². The zero-order chi connectivity index (χ0) is 41.3. The molecule has 0 bridgehead atoms. The minimum atomic E-state index is 0.419. The van der Waals surface area contributed by atoms with Gasteiger partial charge in [-0.2, -0.15) is 0 Å². The van der Waals surface area contributed by atoms with Gasteiger partial charge in [-0.1, -0.05) is 335 Å². The van der Waals surface area contributed by atoms with Crippen molar-refractivity contribution in [2.75, 3.05) is 0 Å². The van der Waals surface area contributed by atoms with Gasteiger partial charge in [0, 0.05) is 0 Å². The van der Waals surface area contributed by atoms with Crippen molar-refractivity contribution in [2.45, 2.75) is 348 Å². The Morgan fingerprint density at radius 3 is 0.456 bits per heavy atom. The minimum Gasteiger partial charge on any atom is -0.103 e. The van der Waals surface area contributed by atoms with Crippen LogP contribution < -0.4 is 0 Å². The first kappa shape index (κ1) is 56.7. The quantitative estimate of drug-likeness (QED) is 0.0425. The summed E-state index contributed by atoms with van der Waals surface area (Å²) in [5.74, 6) is 0. The van der Waals surface area contributed by atoms with E-state index in [1.807, 2.05) is 0 Å². The number of unbranched alkanes of at least 4 members (excludes halogenated alkanes) is 45. The van der Waals surface area contributed by atoms with Gasteiger partial charge >= 0.3 is 0 Å². The van der Waals surface area contributed by atoms with E-state index < -0.39 is 0 Å². The van der Waals surface area contributed by atoms with Gasteiger partial charge in [0.1, 0.15) is 0 Å². The molecule has 0 atom stereocenters. The summed E-state index contributed by atoms with van der Waals surface area (Å²) < 4.78 is 0. The molecule has 57 heavy (non-hydrogen) atoms. The van der Waals surface area contributed by atoms with Gasteiger partial charge in [-0.25, -0.2) is 0 Å². The van der Waals surface area contributed by atoms with Crippen molar-refractivity contribution in [3.8, 4) is 0 Å². The Hall–Kier alpha value is -0.260. The third-order valence-electron chi connectivity index (χ3n) is 14.0. The van der Waals surface area contributed by atoms with E-state index in [2.05, 4.69) is 33.4 Å². The predicted octanol–water partition coefficient (Wildman–Crippen LogP) is 22.1. The summed E-state index contributed by atoms with van der Waals surface area (Å²) in [6, 6.07) is 0. The van der Waals surface area contributed by atoms with Gasteiger partial charge in [0.2, 0.25) is 0 Å². The molecule has 0 aromatic carbocycles. The minimum absolute atomic E-state index is 0.419. The summed E-state index contributed by atoms with van der Waals surface area (Å²) in [6.07, 6.45) is 76.9. The van der Waals surface area contributed by atoms with Crippen LogP contribution in [-0.2, 0) is 0 Å². The van der Waals surface area contributed by atoms with Crippen molar-refractivity contribution in [1.82, 2.24) is 0 Å². The molecule has 0 aliphatic carbocycles. The normalized spacial score (nSPS) is 11.9. The summed E-state index contributed by atoms with van der Waals surface area (Å²) >= 11 is 0. The van der Waals surface area contributed by atoms with Crippen LogP contribution >= 0.6 is 0 Å². The van der Waals surface area contributed by atoms with Crippen molar-refractivity contribution in [2.24, 2.45) is 5.41 Å². The summed E-state index contributed by atoms with van der Waals surface area (Å²) in [5, 5.41) is 0. The van der Waals surface area contributed by atoms with Crippen LogP contribution in [0.5, 0.6) is 0 Å². The van der Waals surface area contributed by atoms with E-state index in [9.17, 15) is 0 Å². The summed E-state index contributed by atoms with van der Waals surface area (Å²) in [4.78, 5) is 0. The number of hydrogen-bond acceptors (Lipinski definition) is 0. The first-order valence-electron chi connectivity index (χ1n) is 27.9. The molecule has 0 radical (unpaired) electrons. The highest BCUT2D eigenvalue weighted by Crippen LogP contribution is 2.38. The molecule has 0 heteroatoms. The molecular weight excluding hydrogens is 685 g/mol. The molecule has 0 aromatic heterocycles. The maximum Gasteiger partial charge on any atom is -0.0121 e. The predicted molar refractivity (Wildman–Crippen MR) is 265 cm³/mol. The molecule has 0 amide bonds. The maximum absolute atomic E-state index is 4.51. The Labute approximate surface area is 364 Å². The number of rotatable bonds is 52. The lowest BCUT2D eigenvalue weighted by molar-refractivity contribution is 0.264. The third-order valence-corrected chi connectivity index (χ3v) is 14.0. The van der Waals surface area contributed by atoms with E-state index in [1.54, 1.807) is 0 Å². The van der Waals surface area contributed by atoms with E-state index in [-0.39, 0.29) is 0 Å². The molecule has 342 valence electrons. The average molecular weight is 800 g/mol. The molecule has 0 aromatic rings. The Kier molecular flexibility index (Phi) is 49.9. The lowest BCUT2D eigenvalue weighted by Gasteiger charge is -2.31. The fourth-order valence-corrected chi connectivity index (χ4v) is 9.76. The van der Waals surface area contributed by atoms with Gasteiger partial charge in [-0.3, -0.25) is 0 Å². The van der Waals surface area contributed by atoms with Gasteiger partial charge < -0.3 is 0 Å². The van der Waals surface area contributed by atoms with Crippen LogP contribution in [0.15, 0.2) is 12.7 Å². The second-order valence-corrected chi connectivity index (χ2v) is 19.7. The lowest BCUT2D eigenvalue weighted by Crippen LogP contribution is -2.18. The largest absolute Gasteiger partial charge is 0.103 e. The first-order chi connectivity index (χ1) is 28.2. The zero-order valence-corrected chi connectivity index (χ0v) is 40.8. The molecule has 0 fully saturated rings. The Morgan fingerprint density at radius 1 is 0.211 bits per heavy atom. The van der Waals surface area contributed by atoms with E-state index in [0.717, 1.165) is 0 Å². The van der Waals surface area contributed by atoms with Crippen LogP contribution in [-0.4, -0.2) is 0 Å². The van der Waals surface area contributed by atoms with Gasteiger partial charge in [0.15, 0.2) is 0 Å². The van der Waals surface area contributed by atoms with Crippen LogP contribution in [0.4, 0.5) is 0 Å². The Bertz CT molecular complexity index is 616. The molecule has 0 nitrogen and oxygen atoms in total. The zero-order valence-electron chi connectivity index (χ0n) is 40.8.